The summed E-state index contributed by atoms with van der Waals surface area (Å²) in [4.78, 5) is 13.6. The second-order valence-electron chi connectivity index (χ2n) is 34.9. The van der Waals surface area contributed by atoms with Crippen LogP contribution in [0.2, 0.25) is 0 Å². The Labute approximate surface area is 713 Å². The van der Waals surface area contributed by atoms with E-state index in [1.807, 2.05) is 0 Å². The Kier molecular flexibility index (Phi) is 71.6. The lowest BCUT2D eigenvalue weighted by Crippen LogP contribution is -2.66. The molecule has 3 fully saturated rings. The van der Waals surface area contributed by atoms with Gasteiger partial charge in [0.05, 0.1) is 38.6 Å². The summed E-state index contributed by atoms with van der Waals surface area (Å²) in [6.45, 7) is 1.76. The predicted molar refractivity (Wildman–Crippen MR) is 475 cm³/mol. The molecule has 0 saturated carbocycles. The van der Waals surface area contributed by atoms with Crippen LogP contribution < -0.4 is 5.32 Å². The van der Waals surface area contributed by atoms with Gasteiger partial charge < -0.3 is 89.9 Å². The monoisotopic (exact) mass is 1660 g/mol. The van der Waals surface area contributed by atoms with Crippen molar-refractivity contribution < 1.29 is 89.4 Å². The molecule has 3 saturated heterocycles. The molecule has 0 aromatic rings. The summed E-state index contributed by atoms with van der Waals surface area (Å²) >= 11 is 0. The molecule has 12 N–H and O–H groups in total. The zero-order valence-electron chi connectivity index (χ0n) is 74.4. The number of carbonyl (C=O) groups is 1. The molecular weight excluding hydrogens is 1480 g/mol. The highest BCUT2D eigenvalue weighted by Crippen LogP contribution is 2.34. The van der Waals surface area contributed by atoms with E-state index >= 15 is 0 Å². The van der Waals surface area contributed by atoms with Gasteiger partial charge in [0.1, 0.15) is 73.2 Å². The van der Waals surface area contributed by atoms with E-state index < -0.39 is 124 Å². The van der Waals surface area contributed by atoms with Gasteiger partial charge in [0.25, 0.3) is 0 Å². The summed E-state index contributed by atoms with van der Waals surface area (Å²) in [6.07, 6.45) is 76.4. The standard InChI is InChI=1S/C98H181NO18/c1-3-5-7-9-11-13-15-17-19-21-23-25-27-29-31-33-35-37-38-39-40-41-42-44-46-48-50-52-54-56-58-60-62-64-66-68-70-72-74-76-86(104)99-81(82(103)75-73-71-69-67-65-63-61-59-57-55-53-51-49-47-45-43-36-34-32-30-28-26-24-22-20-18-16-14-12-10-8-6-4-2)80-112-96-92(110)89(107)94(84(78-101)114-96)117-98-93(111)90(108)95(85(79-102)115-98)116-97-91(109)88(106)87(105)83(77-100)113-97/h5,7,11,13,17,19,23,25,29,31,81-85,87-98,100-103,105-111H,3-4,6,8-10,12,14-16,18,20-22,24,26-28,30,32-80H2,1-2H3,(H,99,104)/b7-5-,13-11-,19-17-,25-23-,31-29-. The average Bonchev–Trinajstić information content (AvgIpc) is 0.777. The minimum absolute atomic E-state index is 0.234. The summed E-state index contributed by atoms with van der Waals surface area (Å²) in [5.74, 6) is -0.234. The molecule has 1 amide bonds. The molecule has 0 radical (unpaired) electrons. The van der Waals surface area contributed by atoms with Crippen LogP contribution in [-0.4, -0.2) is 193 Å². The van der Waals surface area contributed by atoms with Crippen molar-refractivity contribution in [3.8, 4) is 0 Å². The molecule has 17 unspecified atom stereocenters. The Morgan fingerprint density at radius 1 is 0.316 bits per heavy atom. The molecule has 19 heteroatoms. The van der Waals surface area contributed by atoms with Crippen LogP contribution in [0.5, 0.6) is 0 Å². The second-order valence-corrected chi connectivity index (χ2v) is 34.9. The molecule has 117 heavy (non-hydrogen) atoms. The van der Waals surface area contributed by atoms with Crippen LogP contribution in [0.3, 0.4) is 0 Å². The molecule has 3 heterocycles. The first kappa shape index (κ1) is 109. The highest BCUT2D eigenvalue weighted by molar-refractivity contribution is 5.76. The second kappa shape index (κ2) is 77.1. The van der Waals surface area contributed by atoms with Crippen LogP contribution in [0.25, 0.3) is 0 Å². The van der Waals surface area contributed by atoms with Crippen LogP contribution in [0.4, 0.5) is 0 Å². The smallest absolute Gasteiger partial charge is 0.220 e. The van der Waals surface area contributed by atoms with Crippen molar-refractivity contribution in [1.29, 1.82) is 0 Å². The number of aliphatic hydroxyl groups excluding tert-OH is 11. The molecule has 3 aliphatic heterocycles. The zero-order valence-corrected chi connectivity index (χ0v) is 74.4. The molecule has 0 aromatic heterocycles. The van der Waals surface area contributed by atoms with Crippen LogP contribution in [0, 0.1) is 0 Å². The van der Waals surface area contributed by atoms with Gasteiger partial charge in [0.15, 0.2) is 18.9 Å². The number of amides is 1. The number of nitrogens with one attached hydrogen (secondary N) is 1. The van der Waals surface area contributed by atoms with Crippen LogP contribution in [-0.2, 0) is 33.2 Å². The van der Waals surface area contributed by atoms with Crippen molar-refractivity contribution in [3.05, 3.63) is 60.8 Å². The SMILES string of the molecule is CC/C=C\C/C=C\C/C=C\C/C=C\C/C=C\CCCCCCCCCCCCCCCCCCCCCCCCCC(=O)NC(COC1OC(CO)C(OC2OC(CO)C(OC3OC(CO)C(O)C(O)C3O)C(O)C2O)C(O)C1O)C(O)CCCCCCCCCCCCCCCCCCCCCCCCCCCCCCCCCCC. The highest BCUT2D eigenvalue weighted by atomic mass is 16.8. The lowest BCUT2D eigenvalue weighted by atomic mass is 9.96. The fourth-order valence-electron chi connectivity index (χ4n) is 16.6. The average molecular weight is 1660 g/mol. The van der Waals surface area contributed by atoms with Crippen molar-refractivity contribution >= 4 is 5.91 Å². The first-order valence-corrected chi connectivity index (χ1v) is 49.0. The molecule has 686 valence electrons. The third-order valence-electron chi connectivity index (χ3n) is 24.4. The van der Waals surface area contributed by atoms with Gasteiger partial charge in [-0.05, 0) is 57.8 Å². The topological polar surface area (TPSA) is 307 Å². The number of rotatable bonds is 81. The maximum atomic E-state index is 13.6. The Hall–Kier alpha value is -2.51. The number of hydrogen-bond acceptors (Lipinski definition) is 18. The van der Waals surface area contributed by atoms with E-state index in [9.17, 15) is 61.0 Å². The van der Waals surface area contributed by atoms with Crippen LogP contribution in [0.1, 0.15) is 425 Å². The number of carbonyl (C=O) groups excluding carboxylic acids is 1. The van der Waals surface area contributed by atoms with Gasteiger partial charge in [-0.25, -0.2) is 0 Å². The summed E-state index contributed by atoms with van der Waals surface area (Å²) < 4.78 is 34.7. The molecule has 0 bridgehead atoms. The maximum absolute atomic E-state index is 13.6. The fourth-order valence-corrected chi connectivity index (χ4v) is 16.6. The lowest BCUT2D eigenvalue weighted by Gasteiger charge is -2.48. The molecule has 17 atom stereocenters. The van der Waals surface area contributed by atoms with Crippen molar-refractivity contribution in [2.24, 2.45) is 0 Å². The van der Waals surface area contributed by atoms with E-state index in [1.54, 1.807) is 0 Å². The minimum atomic E-state index is -1.97. The quantitative estimate of drug-likeness (QED) is 0.0199. The summed E-state index contributed by atoms with van der Waals surface area (Å²) in [6, 6.07) is -0.889. The Balaban J connectivity index is 1.28. The van der Waals surface area contributed by atoms with Gasteiger partial charge in [0, 0.05) is 6.42 Å². The van der Waals surface area contributed by atoms with Gasteiger partial charge in [-0.15, -0.1) is 0 Å². The lowest BCUT2D eigenvalue weighted by molar-refractivity contribution is -0.379. The predicted octanol–water partition coefficient (Wildman–Crippen LogP) is 20.1. The molecule has 0 spiro atoms. The zero-order chi connectivity index (χ0) is 84.5. The summed E-state index contributed by atoms with van der Waals surface area (Å²) in [5, 5.41) is 122. The minimum Gasteiger partial charge on any atom is -0.394 e. The molecule has 19 nitrogen and oxygen atoms in total. The van der Waals surface area contributed by atoms with Gasteiger partial charge in [-0.1, -0.05) is 421 Å². The van der Waals surface area contributed by atoms with E-state index in [0.29, 0.717) is 12.8 Å². The first-order chi connectivity index (χ1) is 57.3. The van der Waals surface area contributed by atoms with E-state index in [0.717, 1.165) is 77.0 Å². The third kappa shape index (κ3) is 54.8. The van der Waals surface area contributed by atoms with Crippen LogP contribution >= 0.6 is 0 Å². The molecule has 0 aliphatic carbocycles. The third-order valence-corrected chi connectivity index (χ3v) is 24.4. The number of aliphatic hydroxyl groups is 11. The van der Waals surface area contributed by atoms with E-state index in [-0.39, 0.29) is 18.9 Å². The van der Waals surface area contributed by atoms with E-state index in [2.05, 4.69) is 79.9 Å². The maximum Gasteiger partial charge on any atom is 0.220 e. The molecule has 0 aromatic carbocycles. The summed E-state index contributed by atoms with van der Waals surface area (Å²) in [5.41, 5.74) is 0. The normalized spacial score (nSPS) is 24.6. The number of ether oxygens (including phenoxy) is 6. The summed E-state index contributed by atoms with van der Waals surface area (Å²) in [7, 11) is 0. The van der Waals surface area contributed by atoms with Gasteiger partial charge in [0.2, 0.25) is 5.91 Å². The Morgan fingerprint density at radius 3 is 0.923 bits per heavy atom. The van der Waals surface area contributed by atoms with Gasteiger partial charge >= 0.3 is 0 Å². The molecule has 3 rings (SSSR count). The largest absolute Gasteiger partial charge is 0.394 e. The number of hydrogen-bond donors (Lipinski definition) is 12. The van der Waals surface area contributed by atoms with Crippen molar-refractivity contribution in [3.63, 3.8) is 0 Å². The fraction of sp³-hybridized carbons (Fsp3) is 0.888. The first-order valence-electron chi connectivity index (χ1n) is 49.0. The van der Waals surface area contributed by atoms with Crippen molar-refractivity contribution in [1.82, 2.24) is 5.32 Å². The number of allylic oxidation sites excluding steroid dienone is 10. The van der Waals surface area contributed by atoms with Crippen LogP contribution in [0.15, 0.2) is 60.8 Å². The molecular formula is C98H181NO18. The number of unbranched alkanes of at least 4 members (excludes halogenated alkanes) is 55. The van der Waals surface area contributed by atoms with Gasteiger partial charge in [-0.2, -0.15) is 0 Å². The van der Waals surface area contributed by atoms with E-state index in [4.69, 9.17) is 28.4 Å². The Bertz CT molecular complexity index is 2340. The highest BCUT2D eigenvalue weighted by Gasteiger charge is 2.54. The van der Waals surface area contributed by atoms with Crippen molar-refractivity contribution in [2.75, 3.05) is 26.4 Å². The van der Waals surface area contributed by atoms with E-state index in [1.165, 1.54) is 315 Å². The Morgan fingerprint density at radius 2 is 0.590 bits per heavy atom. The molecule has 3 aliphatic rings. The van der Waals surface area contributed by atoms with Crippen molar-refractivity contribution in [2.45, 2.75) is 529 Å². The van der Waals surface area contributed by atoms with Gasteiger partial charge in [-0.3, -0.25) is 4.79 Å².